The van der Waals surface area contributed by atoms with E-state index >= 15 is 0 Å². The minimum atomic E-state index is 0.523. The standard InChI is InChI=1S/C13H17ClN2S/c1-9-7-10(2)17-13(16-9)15-8-11-3-5-12(14)6-4-11/h3-6,9-10H,7-8H2,1-2H3,(H,15,16). The maximum Gasteiger partial charge on any atom is 0.157 e. The third kappa shape index (κ3) is 3.93. The number of hydrogen-bond donors (Lipinski definition) is 1. The van der Waals surface area contributed by atoms with Gasteiger partial charge in [-0.25, -0.2) is 0 Å². The Hall–Kier alpha value is -0.670. The zero-order valence-electron chi connectivity index (χ0n) is 10.1. The number of thioether (sulfide) groups is 1. The number of aliphatic imine (C=N–C) groups is 1. The largest absolute Gasteiger partial charge is 0.362 e. The predicted molar refractivity (Wildman–Crippen MR) is 76.9 cm³/mol. The van der Waals surface area contributed by atoms with Gasteiger partial charge in [0.2, 0.25) is 0 Å². The van der Waals surface area contributed by atoms with Crippen molar-refractivity contribution in [2.45, 2.75) is 38.1 Å². The Balaban J connectivity index is 1.97. The van der Waals surface area contributed by atoms with Crippen LogP contribution in [0.15, 0.2) is 29.3 Å². The van der Waals surface area contributed by atoms with E-state index in [1.54, 1.807) is 0 Å². The molecule has 1 aromatic carbocycles. The molecular weight excluding hydrogens is 252 g/mol. The molecule has 1 aliphatic heterocycles. The fraction of sp³-hybridized carbons (Fsp3) is 0.462. The highest BCUT2D eigenvalue weighted by Gasteiger charge is 2.19. The smallest absolute Gasteiger partial charge is 0.157 e. The monoisotopic (exact) mass is 268 g/mol. The first-order valence-corrected chi connectivity index (χ1v) is 7.11. The molecule has 0 saturated carbocycles. The molecule has 2 nitrogen and oxygen atoms in total. The molecule has 1 fully saturated rings. The Bertz CT molecular complexity index is 390. The van der Waals surface area contributed by atoms with Crippen molar-refractivity contribution in [1.29, 1.82) is 0 Å². The second-order valence-electron chi connectivity index (χ2n) is 4.46. The summed E-state index contributed by atoms with van der Waals surface area (Å²) in [4.78, 5) is 4.61. The van der Waals surface area contributed by atoms with E-state index < -0.39 is 0 Å². The highest BCUT2D eigenvalue weighted by Crippen LogP contribution is 2.22. The molecule has 1 aromatic rings. The highest BCUT2D eigenvalue weighted by atomic mass is 35.5. The van der Waals surface area contributed by atoms with E-state index in [4.69, 9.17) is 11.6 Å². The van der Waals surface area contributed by atoms with E-state index in [0.717, 1.165) is 10.2 Å². The number of amidine groups is 1. The first-order valence-electron chi connectivity index (χ1n) is 5.85. The third-order valence-electron chi connectivity index (χ3n) is 2.69. The van der Waals surface area contributed by atoms with Crippen molar-refractivity contribution in [3.8, 4) is 0 Å². The normalized spacial score (nSPS) is 26.9. The number of rotatable bonds is 2. The van der Waals surface area contributed by atoms with Crippen molar-refractivity contribution in [1.82, 2.24) is 5.32 Å². The van der Waals surface area contributed by atoms with Crippen LogP contribution in [-0.4, -0.2) is 16.5 Å². The second kappa shape index (κ2) is 5.78. The van der Waals surface area contributed by atoms with Crippen LogP contribution in [-0.2, 0) is 6.54 Å². The lowest BCUT2D eigenvalue weighted by atomic mass is 10.2. The molecule has 4 heteroatoms. The molecule has 0 spiro atoms. The van der Waals surface area contributed by atoms with Gasteiger partial charge >= 0.3 is 0 Å². The van der Waals surface area contributed by atoms with Crippen LogP contribution in [0.4, 0.5) is 0 Å². The molecule has 0 aliphatic carbocycles. The Kier molecular flexibility index (Phi) is 4.35. The van der Waals surface area contributed by atoms with Gasteiger partial charge in [-0.05, 0) is 31.0 Å². The Morgan fingerprint density at radius 2 is 2.06 bits per heavy atom. The van der Waals surface area contributed by atoms with E-state index in [9.17, 15) is 0 Å². The summed E-state index contributed by atoms with van der Waals surface area (Å²) in [6, 6.07) is 8.38. The van der Waals surface area contributed by atoms with Crippen molar-refractivity contribution in [2.75, 3.05) is 0 Å². The fourth-order valence-corrected chi connectivity index (χ4v) is 3.18. The van der Waals surface area contributed by atoms with E-state index in [1.807, 2.05) is 36.0 Å². The summed E-state index contributed by atoms with van der Waals surface area (Å²) in [6.45, 7) is 5.17. The zero-order chi connectivity index (χ0) is 12.3. The minimum absolute atomic E-state index is 0.523. The Morgan fingerprint density at radius 1 is 1.35 bits per heavy atom. The molecule has 2 atom stereocenters. The van der Waals surface area contributed by atoms with E-state index in [0.29, 0.717) is 17.8 Å². The molecule has 0 aromatic heterocycles. The van der Waals surface area contributed by atoms with Crippen LogP contribution >= 0.6 is 23.4 Å². The molecule has 2 rings (SSSR count). The van der Waals surface area contributed by atoms with Gasteiger partial charge in [0.05, 0.1) is 6.54 Å². The molecule has 1 aliphatic rings. The van der Waals surface area contributed by atoms with Crippen LogP contribution in [0.5, 0.6) is 0 Å². The summed E-state index contributed by atoms with van der Waals surface area (Å²) in [5.41, 5.74) is 1.19. The molecule has 17 heavy (non-hydrogen) atoms. The lowest BCUT2D eigenvalue weighted by molar-refractivity contribution is 0.597. The van der Waals surface area contributed by atoms with Gasteiger partial charge in [-0.2, -0.15) is 0 Å². The quantitative estimate of drug-likeness (QED) is 0.885. The van der Waals surface area contributed by atoms with Gasteiger partial charge in [0, 0.05) is 16.3 Å². The third-order valence-corrected chi connectivity index (χ3v) is 4.00. The van der Waals surface area contributed by atoms with Crippen LogP contribution in [0.1, 0.15) is 25.8 Å². The Labute approximate surface area is 112 Å². The molecule has 0 amide bonds. The number of benzene rings is 1. The predicted octanol–water partition coefficient (Wildman–Crippen LogP) is 3.70. The molecule has 2 unspecified atom stereocenters. The number of nitrogens with zero attached hydrogens (tertiary/aromatic N) is 1. The molecule has 1 saturated heterocycles. The van der Waals surface area contributed by atoms with Crippen LogP contribution in [0.3, 0.4) is 0 Å². The summed E-state index contributed by atoms with van der Waals surface area (Å²) in [5.74, 6) is 0. The Morgan fingerprint density at radius 3 is 2.71 bits per heavy atom. The average Bonchev–Trinajstić information content (AvgIpc) is 2.27. The molecule has 92 valence electrons. The number of halogens is 1. The van der Waals surface area contributed by atoms with Gasteiger partial charge in [-0.1, -0.05) is 42.4 Å². The van der Waals surface area contributed by atoms with Gasteiger partial charge in [-0.15, -0.1) is 0 Å². The van der Waals surface area contributed by atoms with Gasteiger partial charge in [0.1, 0.15) is 0 Å². The zero-order valence-corrected chi connectivity index (χ0v) is 11.7. The molecule has 0 radical (unpaired) electrons. The van der Waals surface area contributed by atoms with Crippen LogP contribution in [0.25, 0.3) is 0 Å². The average molecular weight is 269 g/mol. The lowest BCUT2D eigenvalue weighted by Gasteiger charge is -2.26. The van der Waals surface area contributed by atoms with Crippen LogP contribution in [0.2, 0.25) is 5.02 Å². The van der Waals surface area contributed by atoms with Crippen LogP contribution < -0.4 is 5.32 Å². The molecule has 1 N–H and O–H groups in total. The number of hydrogen-bond acceptors (Lipinski definition) is 2. The maximum absolute atomic E-state index is 5.85. The van der Waals surface area contributed by atoms with Crippen molar-refractivity contribution in [3.63, 3.8) is 0 Å². The van der Waals surface area contributed by atoms with Crippen molar-refractivity contribution >= 4 is 28.5 Å². The van der Waals surface area contributed by atoms with Crippen molar-refractivity contribution in [2.24, 2.45) is 4.99 Å². The van der Waals surface area contributed by atoms with Gasteiger partial charge in [0.15, 0.2) is 5.17 Å². The minimum Gasteiger partial charge on any atom is -0.362 e. The fourth-order valence-electron chi connectivity index (χ4n) is 1.88. The molecule has 0 bridgehead atoms. The van der Waals surface area contributed by atoms with Gasteiger partial charge in [0.25, 0.3) is 0 Å². The summed E-state index contributed by atoms with van der Waals surface area (Å²) in [6.07, 6.45) is 1.20. The van der Waals surface area contributed by atoms with Gasteiger partial charge < -0.3 is 5.32 Å². The van der Waals surface area contributed by atoms with Crippen molar-refractivity contribution < 1.29 is 0 Å². The summed E-state index contributed by atoms with van der Waals surface area (Å²) in [5, 5.41) is 5.90. The highest BCUT2D eigenvalue weighted by molar-refractivity contribution is 8.14. The summed E-state index contributed by atoms with van der Waals surface area (Å²) < 4.78 is 0. The van der Waals surface area contributed by atoms with Crippen LogP contribution in [0, 0.1) is 0 Å². The summed E-state index contributed by atoms with van der Waals surface area (Å²) in [7, 11) is 0. The first kappa shape index (κ1) is 12.8. The van der Waals surface area contributed by atoms with E-state index in [1.165, 1.54) is 12.0 Å². The topological polar surface area (TPSA) is 24.4 Å². The molecular formula is C13H17ClN2S. The van der Waals surface area contributed by atoms with Gasteiger partial charge in [-0.3, -0.25) is 4.99 Å². The number of nitrogens with one attached hydrogen (secondary N) is 1. The molecule has 1 heterocycles. The lowest BCUT2D eigenvalue weighted by Crippen LogP contribution is -2.38. The van der Waals surface area contributed by atoms with E-state index in [-0.39, 0.29) is 0 Å². The SMILES string of the molecule is CC1CC(C)SC(=NCc2ccc(Cl)cc2)N1. The van der Waals surface area contributed by atoms with E-state index in [2.05, 4.69) is 24.2 Å². The second-order valence-corrected chi connectivity index (χ2v) is 6.32. The maximum atomic E-state index is 5.85. The summed E-state index contributed by atoms with van der Waals surface area (Å²) >= 11 is 7.67. The van der Waals surface area contributed by atoms with Crippen molar-refractivity contribution in [3.05, 3.63) is 34.9 Å². The first-order chi connectivity index (χ1) is 8.13.